The lowest BCUT2D eigenvalue weighted by molar-refractivity contribution is -0.118. The van der Waals surface area contributed by atoms with Crippen LogP contribution < -0.4 is 5.73 Å². The number of nitrogens with two attached hydrogens (primary N) is 1. The van der Waals surface area contributed by atoms with Gasteiger partial charge < -0.3 is 15.4 Å². The number of rotatable bonds is 4. The molecule has 2 aliphatic rings. The maximum absolute atomic E-state index is 10.2. The number of amides is 1. The number of ether oxygens (including phenoxy) is 1. The number of nitrogens with zero attached hydrogens (tertiary/aromatic N) is 2. The molecule has 2 rings (SSSR count). The van der Waals surface area contributed by atoms with E-state index < -0.39 is 0 Å². The first-order valence-electron chi connectivity index (χ1n) is 9.72. The van der Waals surface area contributed by atoms with Crippen LogP contribution in [0.15, 0.2) is 0 Å². The van der Waals surface area contributed by atoms with Crippen molar-refractivity contribution in [1.82, 2.24) is 4.90 Å². The monoisotopic (exact) mass is 353 g/mol. The molecule has 0 bridgehead atoms. The van der Waals surface area contributed by atoms with Gasteiger partial charge in [-0.2, -0.15) is 5.26 Å². The first kappa shape index (κ1) is 23.9. The molecule has 2 N–H and O–H groups in total. The highest BCUT2D eigenvalue weighted by molar-refractivity contribution is 5.49. The van der Waals surface area contributed by atoms with Crippen molar-refractivity contribution in [3.05, 3.63) is 0 Å². The van der Waals surface area contributed by atoms with Crippen LogP contribution >= 0.6 is 0 Å². The lowest BCUT2D eigenvalue weighted by Crippen LogP contribution is -2.32. The SMILES string of the molecule is CCN.COC(C)C[C@@]1(C)CCCC[C@H]1C.N#CC1CCCN1C=O. The standard InChI is InChI=1S/C12H24O.C6H8N2O.C2H7N/c1-10-7-5-6-8-12(10,3)9-11(2)13-4;7-4-6-2-1-3-8(6)5-9;1-2-3/h10-11H,5-9H2,1-4H3;5-6H,1-3H2;2-3H2,1H3/t10-,11?,12-;;/m1../s1. The first-order valence-corrected chi connectivity index (χ1v) is 9.72. The van der Waals surface area contributed by atoms with Gasteiger partial charge in [0, 0.05) is 13.7 Å². The summed E-state index contributed by atoms with van der Waals surface area (Å²) in [5, 5.41) is 8.42. The van der Waals surface area contributed by atoms with Crippen LogP contribution in [0.25, 0.3) is 0 Å². The smallest absolute Gasteiger partial charge is 0.210 e. The molecule has 1 aliphatic heterocycles. The Balaban J connectivity index is 0.000000417. The van der Waals surface area contributed by atoms with Crippen molar-refractivity contribution in [2.75, 3.05) is 20.2 Å². The molecule has 4 atom stereocenters. The van der Waals surface area contributed by atoms with E-state index >= 15 is 0 Å². The molecule has 5 heteroatoms. The van der Waals surface area contributed by atoms with Crippen LogP contribution in [0.4, 0.5) is 0 Å². The van der Waals surface area contributed by atoms with Crippen LogP contribution in [0.2, 0.25) is 0 Å². The molecule has 5 nitrogen and oxygen atoms in total. The Morgan fingerprint density at radius 3 is 2.48 bits per heavy atom. The average Bonchev–Trinajstić information content (AvgIpc) is 3.06. The number of nitriles is 1. The van der Waals surface area contributed by atoms with Crippen molar-refractivity contribution in [3.63, 3.8) is 0 Å². The van der Waals surface area contributed by atoms with Crippen LogP contribution in [0, 0.1) is 22.7 Å². The van der Waals surface area contributed by atoms with Gasteiger partial charge in [-0.15, -0.1) is 0 Å². The van der Waals surface area contributed by atoms with Crippen LogP contribution in [0.3, 0.4) is 0 Å². The maximum Gasteiger partial charge on any atom is 0.210 e. The van der Waals surface area contributed by atoms with Crippen molar-refractivity contribution in [3.8, 4) is 6.07 Å². The van der Waals surface area contributed by atoms with Crippen molar-refractivity contribution in [2.24, 2.45) is 17.1 Å². The summed E-state index contributed by atoms with van der Waals surface area (Å²) >= 11 is 0. The van der Waals surface area contributed by atoms with Gasteiger partial charge >= 0.3 is 0 Å². The van der Waals surface area contributed by atoms with E-state index in [2.05, 4.69) is 26.8 Å². The number of hydrogen-bond donors (Lipinski definition) is 1. The fourth-order valence-corrected chi connectivity index (χ4v) is 3.67. The van der Waals surface area contributed by atoms with E-state index in [4.69, 9.17) is 15.7 Å². The lowest BCUT2D eigenvalue weighted by atomic mass is 9.66. The summed E-state index contributed by atoms with van der Waals surface area (Å²) in [6.07, 6.45) is 9.85. The van der Waals surface area contributed by atoms with Gasteiger partial charge in [-0.25, -0.2) is 0 Å². The van der Waals surface area contributed by atoms with Gasteiger partial charge in [0.25, 0.3) is 0 Å². The predicted octanol–water partition coefficient (Wildman–Crippen LogP) is 3.72. The highest BCUT2D eigenvalue weighted by atomic mass is 16.5. The zero-order valence-electron chi connectivity index (χ0n) is 17.0. The summed E-state index contributed by atoms with van der Waals surface area (Å²) in [5.74, 6) is 0.874. The molecule has 0 aromatic heterocycles. The minimum Gasteiger partial charge on any atom is -0.382 e. The van der Waals surface area contributed by atoms with E-state index in [-0.39, 0.29) is 6.04 Å². The summed E-state index contributed by atoms with van der Waals surface area (Å²) in [4.78, 5) is 11.7. The first-order chi connectivity index (χ1) is 11.9. The summed E-state index contributed by atoms with van der Waals surface area (Å²) in [7, 11) is 1.82. The molecule has 2 unspecified atom stereocenters. The second-order valence-electron chi connectivity index (χ2n) is 7.59. The third-order valence-electron chi connectivity index (χ3n) is 5.56. The van der Waals surface area contributed by atoms with Crippen LogP contribution in [-0.2, 0) is 9.53 Å². The third kappa shape index (κ3) is 8.69. The fourth-order valence-electron chi connectivity index (χ4n) is 3.67. The van der Waals surface area contributed by atoms with Gasteiger partial charge in [-0.3, -0.25) is 4.79 Å². The molecule has 1 saturated heterocycles. The molecule has 1 aliphatic carbocycles. The molecule has 0 radical (unpaired) electrons. The lowest BCUT2D eigenvalue weighted by Gasteiger charge is -2.41. The van der Waals surface area contributed by atoms with Gasteiger partial charge in [-0.1, -0.05) is 40.0 Å². The van der Waals surface area contributed by atoms with Gasteiger partial charge in [0.1, 0.15) is 6.04 Å². The second-order valence-corrected chi connectivity index (χ2v) is 7.59. The molecule has 0 aromatic rings. The van der Waals surface area contributed by atoms with Gasteiger partial charge in [-0.05, 0) is 50.5 Å². The minimum absolute atomic E-state index is 0.150. The Morgan fingerprint density at radius 2 is 2.04 bits per heavy atom. The Hall–Kier alpha value is -1.12. The van der Waals surface area contributed by atoms with E-state index in [1.165, 1.54) is 32.1 Å². The topological polar surface area (TPSA) is 79.3 Å². The molecule has 146 valence electrons. The quantitative estimate of drug-likeness (QED) is 0.781. The van der Waals surface area contributed by atoms with E-state index in [0.29, 0.717) is 11.5 Å². The Labute approximate surface area is 154 Å². The molecule has 1 heterocycles. The number of likely N-dealkylation sites (tertiary alicyclic amines) is 1. The maximum atomic E-state index is 10.2. The molecule has 0 aromatic carbocycles. The molecule has 1 saturated carbocycles. The van der Waals surface area contributed by atoms with E-state index in [1.807, 2.05) is 14.0 Å². The largest absolute Gasteiger partial charge is 0.382 e. The zero-order valence-corrected chi connectivity index (χ0v) is 17.0. The molecule has 2 fully saturated rings. The van der Waals surface area contributed by atoms with Crippen molar-refractivity contribution < 1.29 is 9.53 Å². The summed E-state index contributed by atoms with van der Waals surface area (Å²) < 4.78 is 5.37. The van der Waals surface area contributed by atoms with E-state index in [1.54, 1.807) is 4.90 Å². The summed E-state index contributed by atoms with van der Waals surface area (Å²) in [6.45, 7) is 10.4. The highest BCUT2D eigenvalue weighted by Gasteiger charge is 2.34. The van der Waals surface area contributed by atoms with Gasteiger partial charge in [0.2, 0.25) is 6.41 Å². The van der Waals surface area contributed by atoms with E-state index in [0.717, 1.165) is 38.3 Å². The summed E-state index contributed by atoms with van der Waals surface area (Å²) in [6, 6.07) is 1.91. The highest BCUT2D eigenvalue weighted by Crippen LogP contribution is 2.44. The number of hydrogen-bond acceptors (Lipinski definition) is 4. The minimum atomic E-state index is -0.150. The van der Waals surface area contributed by atoms with Gasteiger partial charge in [0.05, 0.1) is 12.2 Å². The number of methoxy groups -OCH3 is 1. The normalized spacial score (nSPS) is 29.4. The van der Waals surface area contributed by atoms with Crippen molar-refractivity contribution >= 4 is 6.41 Å². The van der Waals surface area contributed by atoms with Crippen LogP contribution in [0.5, 0.6) is 0 Å². The molecule has 1 amide bonds. The Morgan fingerprint density at radius 1 is 1.40 bits per heavy atom. The third-order valence-corrected chi connectivity index (χ3v) is 5.56. The van der Waals surface area contributed by atoms with Crippen LogP contribution in [-0.4, -0.2) is 43.7 Å². The van der Waals surface area contributed by atoms with Gasteiger partial charge in [0.15, 0.2) is 0 Å². The predicted molar refractivity (Wildman–Crippen MR) is 103 cm³/mol. The fraction of sp³-hybridized carbons (Fsp3) is 0.900. The molecule has 25 heavy (non-hydrogen) atoms. The average molecular weight is 354 g/mol. The summed E-state index contributed by atoms with van der Waals surface area (Å²) in [5.41, 5.74) is 5.38. The van der Waals surface area contributed by atoms with Crippen molar-refractivity contribution in [2.45, 2.75) is 84.8 Å². The second kappa shape index (κ2) is 13.1. The number of carbonyl (C=O) groups excluding carboxylic acids is 1. The van der Waals surface area contributed by atoms with Crippen LogP contribution in [0.1, 0.15) is 72.6 Å². The molecule has 0 spiro atoms. The van der Waals surface area contributed by atoms with Crippen molar-refractivity contribution in [1.29, 1.82) is 5.26 Å². The number of carbonyl (C=O) groups is 1. The molecular weight excluding hydrogens is 314 g/mol. The Kier molecular flexibility index (Phi) is 12.5. The molecular formula is C20H39N3O2. The zero-order chi connectivity index (χ0) is 19.3. The van der Waals surface area contributed by atoms with E-state index in [9.17, 15) is 4.79 Å². The Bertz CT molecular complexity index is 397.